The third-order valence-electron chi connectivity index (χ3n) is 3.80. The normalized spacial score (nSPS) is 13.7. The molecule has 1 aromatic heterocycles. The molecule has 1 N–H and O–H groups in total. The van der Waals surface area contributed by atoms with Gasteiger partial charge in [-0.25, -0.2) is 8.42 Å². The largest absolute Gasteiger partial charge is 0.466 e. The lowest BCUT2D eigenvalue weighted by atomic mass is 9.98. The SMILES string of the molecule is CCNC(CCCS(=O)(=O)CC)c1c(C)oc(C)c1C. The summed E-state index contributed by atoms with van der Waals surface area (Å²) in [6.07, 6.45) is 1.49. The van der Waals surface area contributed by atoms with Gasteiger partial charge in [0, 0.05) is 17.4 Å². The van der Waals surface area contributed by atoms with Crippen molar-refractivity contribution in [2.45, 2.75) is 53.5 Å². The Morgan fingerprint density at radius 2 is 1.80 bits per heavy atom. The zero-order valence-corrected chi connectivity index (χ0v) is 14.1. The maximum atomic E-state index is 11.6. The summed E-state index contributed by atoms with van der Waals surface area (Å²) in [5.41, 5.74) is 2.37. The van der Waals surface area contributed by atoms with Gasteiger partial charge in [0.05, 0.1) is 5.75 Å². The van der Waals surface area contributed by atoms with Crippen LogP contribution in [0.3, 0.4) is 0 Å². The lowest BCUT2D eigenvalue weighted by molar-refractivity contribution is 0.472. The molecule has 1 atom stereocenters. The van der Waals surface area contributed by atoms with Gasteiger partial charge in [-0.3, -0.25) is 0 Å². The number of hydrogen-bond donors (Lipinski definition) is 1. The van der Waals surface area contributed by atoms with Gasteiger partial charge in [-0.2, -0.15) is 0 Å². The molecule has 4 nitrogen and oxygen atoms in total. The Bertz CT molecular complexity index is 532. The fourth-order valence-corrected chi connectivity index (χ4v) is 3.46. The van der Waals surface area contributed by atoms with Crippen molar-refractivity contribution in [3.05, 3.63) is 22.6 Å². The first kappa shape index (κ1) is 17.2. The highest BCUT2D eigenvalue weighted by atomic mass is 32.2. The molecule has 20 heavy (non-hydrogen) atoms. The molecule has 0 bridgehead atoms. The first-order chi connectivity index (χ1) is 9.32. The summed E-state index contributed by atoms with van der Waals surface area (Å²) < 4.78 is 28.8. The van der Waals surface area contributed by atoms with Gasteiger partial charge in [-0.1, -0.05) is 13.8 Å². The van der Waals surface area contributed by atoms with Crippen LogP contribution >= 0.6 is 0 Å². The number of furan rings is 1. The number of sulfone groups is 1. The topological polar surface area (TPSA) is 59.3 Å². The van der Waals surface area contributed by atoms with Crippen molar-refractivity contribution in [1.82, 2.24) is 5.32 Å². The van der Waals surface area contributed by atoms with E-state index in [1.54, 1.807) is 6.92 Å². The van der Waals surface area contributed by atoms with E-state index < -0.39 is 9.84 Å². The molecule has 0 spiro atoms. The van der Waals surface area contributed by atoms with Gasteiger partial charge in [0.25, 0.3) is 0 Å². The first-order valence-corrected chi connectivity index (χ1v) is 9.14. The number of nitrogens with one attached hydrogen (secondary N) is 1. The van der Waals surface area contributed by atoms with Crippen LogP contribution in [-0.4, -0.2) is 26.5 Å². The Kier molecular flexibility index (Phi) is 6.27. The van der Waals surface area contributed by atoms with Gasteiger partial charge < -0.3 is 9.73 Å². The third-order valence-corrected chi connectivity index (χ3v) is 5.59. The van der Waals surface area contributed by atoms with Crippen LogP contribution in [0.5, 0.6) is 0 Å². The second-order valence-corrected chi connectivity index (χ2v) is 7.71. The van der Waals surface area contributed by atoms with Crippen LogP contribution in [0.2, 0.25) is 0 Å². The highest BCUT2D eigenvalue weighted by Crippen LogP contribution is 2.29. The van der Waals surface area contributed by atoms with Crippen molar-refractivity contribution in [1.29, 1.82) is 0 Å². The Morgan fingerprint density at radius 3 is 2.25 bits per heavy atom. The van der Waals surface area contributed by atoms with Gasteiger partial charge >= 0.3 is 0 Å². The predicted molar refractivity (Wildman–Crippen MR) is 82.9 cm³/mol. The van der Waals surface area contributed by atoms with Crippen molar-refractivity contribution in [3.63, 3.8) is 0 Å². The Balaban J connectivity index is 2.79. The van der Waals surface area contributed by atoms with Crippen molar-refractivity contribution in [2.75, 3.05) is 18.1 Å². The quantitative estimate of drug-likeness (QED) is 0.801. The molecule has 0 aliphatic heterocycles. The van der Waals surface area contributed by atoms with E-state index in [4.69, 9.17) is 4.42 Å². The van der Waals surface area contributed by atoms with Crippen LogP contribution in [0.4, 0.5) is 0 Å². The number of hydrogen-bond acceptors (Lipinski definition) is 4. The van der Waals surface area contributed by atoms with Gasteiger partial charge in [-0.15, -0.1) is 0 Å². The number of rotatable bonds is 8. The highest BCUT2D eigenvalue weighted by Gasteiger charge is 2.20. The predicted octanol–water partition coefficient (Wildman–Crippen LogP) is 3.07. The maximum absolute atomic E-state index is 11.6. The van der Waals surface area contributed by atoms with E-state index in [1.807, 2.05) is 13.8 Å². The van der Waals surface area contributed by atoms with Gasteiger partial charge in [-0.05, 0) is 45.7 Å². The standard InChI is InChI=1S/C15H27NO3S/c1-6-16-14(9-8-10-20(17,18)7-2)15-11(3)12(4)19-13(15)5/h14,16H,6-10H2,1-5H3. The average molecular weight is 301 g/mol. The summed E-state index contributed by atoms with van der Waals surface area (Å²) in [6.45, 7) is 10.6. The van der Waals surface area contributed by atoms with Gasteiger partial charge in [0.2, 0.25) is 0 Å². The fourth-order valence-electron chi connectivity index (χ4n) is 2.57. The van der Waals surface area contributed by atoms with E-state index in [-0.39, 0.29) is 17.5 Å². The minimum atomic E-state index is -2.88. The Labute approximate surface area is 122 Å². The summed E-state index contributed by atoms with van der Waals surface area (Å²) in [4.78, 5) is 0. The minimum absolute atomic E-state index is 0.171. The van der Waals surface area contributed by atoms with Crippen LogP contribution in [0.25, 0.3) is 0 Å². The number of aryl methyl sites for hydroxylation is 2. The first-order valence-electron chi connectivity index (χ1n) is 7.32. The molecule has 1 rings (SSSR count). The molecule has 0 aromatic carbocycles. The lowest BCUT2D eigenvalue weighted by Crippen LogP contribution is -2.23. The zero-order chi connectivity index (χ0) is 15.3. The highest BCUT2D eigenvalue weighted by molar-refractivity contribution is 7.91. The van der Waals surface area contributed by atoms with Crippen molar-refractivity contribution in [3.8, 4) is 0 Å². The molecule has 0 amide bonds. The Hall–Kier alpha value is -0.810. The van der Waals surface area contributed by atoms with Crippen molar-refractivity contribution < 1.29 is 12.8 Å². The molecule has 0 saturated heterocycles. The van der Waals surface area contributed by atoms with Gasteiger partial charge in [0.1, 0.15) is 21.4 Å². The summed E-state index contributed by atoms with van der Waals surface area (Å²) in [7, 11) is -2.88. The molecule has 0 saturated carbocycles. The third kappa shape index (κ3) is 4.35. The van der Waals surface area contributed by atoms with Crippen molar-refractivity contribution >= 4 is 9.84 Å². The second-order valence-electron chi connectivity index (χ2n) is 5.24. The summed E-state index contributed by atoms with van der Waals surface area (Å²) in [5.74, 6) is 2.37. The van der Waals surface area contributed by atoms with Crippen LogP contribution in [0.15, 0.2) is 4.42 Å². The average Bonchev–Trinajstić information content (AvgIpc) is 2.62. The molecule has 0 fully saturated rings. The van der Waals surface area contributed by atoms with E-state index in [0.29, 0.717) is 6.42 Å². The van der Waals surface area contributed by atoms with Crippen LogP contribution in [0, 0.1) is 20.8 Å². The van der Waals surface area contributed by atoms with Crippen LogP contribution in [0.1, 0.15) is 55.4 Å². The fraction of sp³-hybridized carbons (Fsp3) is 0.733. The summed E-state index contributed by atoms with van der Waals surface area (Å²) in [6, 6.07) is 0.171. The van der Waals surface area contributed by atoms with Gasteiger partial charge in [0.15, 0.2) is 0 Å². The smallest absolute Gasteiger partial charge is 0.150 e. The molecular weight excluding hydrogens is 274 g/mol. The second kappa shape index (κ2) is 7.27. The van der Waals surface area contributed by atoms with Crippen molar-refractivity contribution in [2.24, 2.45) is 0 Å². The molecule has 5 heteroatoms. The molecule has 0 aliphatic rings. The Morgan fingerprint density at radius 1 is 1.15 bits per heavy atom. The van der Waals surface area contributed by atoms with E-state index in [1.165, 1.54) is 11.1 Å². The van der Waals surface area contributed by atoms with E-state index in [2.05, 4.69) is 19.2 Å². The molecule has 116 valence electrons. The van der Waals surface area contributed by atoms with E-state index >= 15 is 0 Å². The molecule has 0 aliphatic carbocycles. The minimum Gasteiger partial charge on any atom is -0.466 e. The van der Waals surface area contributed by atoms with E-state index in [0.717, 1.165) is 24.5 Å². The molecular formula is C15H27NO3S. The molecule has 0 radical (unpaired) electrons. The molecule has 1 heterocycles. The maximum Gasteiger partial charge on any atom is 0.150 e. The van der Waals surface area contributed by atoms with E-state index in [9.17, 15) is 8.42 Å². The summed E-state index contributed by atoms with van der Waals surface area (Å²) in [5, 5.41) is 3.44. The molecule has 1 aromatic rings. The van der Waals surface area contributed by atoms with Crippen LogP contribution < -0.4 is 5.32 Å². The molecule has 1 unspecified atom stereocenters. The monoisotopic (exact) mass is 301 g/mol. The van der Waals surface area contributed by atoms with Crippen LogP contribution in [-0.2, 0) is 9.84 Å². The summed E-state index contributed by atoms with van der Waals surface area (Å²) >= 11 is 0. The zero-order valence-electron chi connectivity index (χ0n) is 13.2. The lowest BCUT2D eigenvalue weighted by Gasteiger charge is -2.18.